The summed E-state index contributed by atoms with van der Waals surface area (Å²) in [6.45, 7) is 2.31. The number of carbonyl (C=O) groups excluding carboxylic acids is 1. The van der Waals surface area contributed by atoms with Crippen molar-refractivity contribution < 1.29 is 4.79 Å². The third-order valence-electron chi connectivity index (χ3n) is 3.87. The van der Waals surface area contributed by atoms with Crippen LogP contribution < -0.4 is 5.32 Å². The molecule has 0 heterocycles. The highest BCUT2D eigenvalue weighted by Crippen LogP contribution is 2.45. The van der Waals surface area contributed by atoms with Crippen LogP contribution in [0.2, 0.25) is 0 Å². The van der Waals surface area contributed by atoms with Crippen molar-refractivity contribution in [2.75, 3.05) is 18.1 Å². The highest BCUT2D eigenvalue weighted by atomic mass is 32.2. The summed E-state index contributed by atoms with van der Waals surface area (Å²) in [5.74, 6) is 2.54. The molecule has 0 unspecified atom stereocenters. The Labute approximate surface area is 130 Å². The molecule has 0 bridgehead atoms. The van der Waals surface area contributed by atoms with E-state index < -0.39 is 0 Å². The summed E-state index contributed by atoms with van der Waals surface area (Å²) in [4.78, 5) is 10.9. The summed E-state index contributed by atoms with van der Waals surface area (Å²) in [5.41, 5.74) is 5.62. The summed E-state index contributed by atoms with van der Waals surface area (Å²) in [6.07, 6.45) is 0. The molecule has 1 aliphatic rings. The molecule has 1 N–H and O–H groups in total. The molecule has 0 radical (unpaired) electrons. The van der Waals surface area contributed by atoms with Gasteiger partial charge < -0.3 is 5.32 Å². The number of rotatable bonds is 5. The molecule has 0 aliphatic heterocycles. The molecular formula is C18H19NOS. The second kappa shape index (κ2) is 6.35. The van der Waals surface area contributed by atoms with Gasteiger partial charge >= 0.3 is 0 Å². The van der Waals surface area contributed by atoms with Gasteiger partial charge in [-0.25, -0.2) is 0 Å². The number of nitrogens with one attached hydrogen (secondary N) is 1. The van der Waals surface area contributed by atoms with Gasteiger partial charge in [-0.1, -0.05) is 48.5 Å². The molecule has 1 aliphatic carbocycles. The van der Waals surface area contributed by atoms with Crippen LogP contribution >= 0.6 is 11.8 Å². The van der Waals surface area contributed by atoms with Crippen molar-refractivity contribution >= 4 is 17.7 Å². The van der Waals surface area contributed by atoms with Crippen molar-refractivity contribution in [3.63, 3.8) is 0 Å². The van der Waals surface area contributed by atoms with Gasteiger partial charge in [0.25, 0.3) is 0 Å². The Kier molecular flexibility index (Phi) is 4.30. The lowest BCUT2D eigenvalue weighted by atomic mass is 9.99. The average molecular weight is 297 g/mol. The summed E-state index contributed by atoms with van der Waals surface area (Å²) >= 11 is 1.90. The van der Waals surface area contributed by atoms with E-state index in [1.165, 1.54) is 22.3 Å². The van der Waals surface area contributed by atoms with Gasteiger partial charge in [-0.05, 0) is 22.3 Å². The first-order chi connectivity index (χ1) is 10.3. The van der Waals surface area contributed by atoms with Gasteiger partial charge in [0, 0.05) is 30.9 Å². The molecule has 2 nitrogen and oxygen atoms in total. The predicted molar refractivity (Wildman–Crippen MR) is 89.7 cm³/mol. The Hall–Kier alpha value is -1.74. The molecule has 0 atom stereocenters. The second-order valence-electron chi connectivity index (χ2n) is 5.28. The fourth-order valence-corrected chi connectivity index (χ4v) is 3.95. The van der Waals surface area contributed by atoms with Gasteiger partial charge in [-0.3, -0.25) is 4.79 Å². The van der Waals surface area contributed by atoms with E-state index >= 15 is 0 Å². The number of thioether (sulfide) groups is 1. The highest BCUT2D eigenvalue weighted by molar-refractivity contribution is 7.99. The van der Waals surface area contributed by atoms with Crippen LogP contribution in [0.4, 0.5) is 0 Å². The minimum Gasteiger partial charge on any atom is -0.356 e. The fourth-order valence-electron chi connectivity index (χ4n) is 2.94. The van der Waals surface area contributed by atoms with E-state index in [9.17, 15) is 4.79 Å². The van der Waals surface area contributed by atoms with E-state index in [0.29, 0.717) is 5.92 Å². The maximum Gasteiger partial charge on any atom is 0.216 e. The van der Waals surface area contributed by atoms with Crippen LogP contribution in [-0.2, 0) is 4.79 Å². The lowest BCUT2D eigenvalue weighted by Crippen LogP contribution is -2.22. The van der Waals surface area contributed by atoms with Crippen LogP contribution in [0.15, 0.2) is 48.5 Å². The van der Waals surface area contributed by atoms with E-state index in [1.807, 2.05) is 11.8 Å². The molecule has 3 rings (SSSR count). The fraction of sp³-hybridized carbons (Fsp3) is 0.278. The summed E-state index contributed by atoms with van der Waals surface area (Å²) in [6, 6.07) is 17.4. The number of amides is 1. The Morgan fingerprint density at radius 2 is 1.62 bits per heavy atom. The van der Waals surface area contributed by atoms with Crippen LogP contribution in [0, 0.1) is 0 Å². The van der Waals surface area contributed by atoms with Crippen molar-refractivity contribution in [2.45, 2.75) is 12.8 Å². The van der Waals surface area contributed by atoms with Crippen LogP contribution in [-0.4, -0.2) is 24.0 Å². The molecule has 2 aromatic rings. The molecule has 1 amide bonds. The van der Waals surface area contributed by atoms with E-state index in [4.69, 9.17) is 0 Å². The second-order valence-corrected chi connectivity index (χ2v) is 6.43. The zero-order valence-electron chi connectivity index (χ0n) is 12.1. The van der Waals surface area contributed by atoms with Crippen molar-refractivity contribution in [3.8, 4) is 11.1 Å². The molecular weight excluding hydrogens is 278 g/mol. The predicted octanol–water partition coefficient (Wildman–Crippen LogP) is 3.67. The Morgan fingerprint density at radius 3 is 2.19 bits per heavy atom. The minimum absolute atomic E-state index is 0.0483. The molecule has 21 heavy (non-hydrogen) atoms. The number of fused-ring (bicyclic) bond motifs is 3. The molecule has 0 saturated heterocycles. The summed E-state index contributed by atoms with van der Waals surface area (Å²) in [5, 5.41) is 2.85. The number of carbonyl (C=O) groups is 1. The van der Waals surface area contributed by atoms with Gasteiger partial charge in [-0.15, -0.1) is 0 Å². The number of benzene rings is 2. The van der Waals surface area contributed by atoms with Crippen molar-refractivity contribution in [1.82, 2.24) is 5.32 Å². The topological polar surface area (TPSA) is 29.1 Å². The van der Waals surface area contributed by atoms with Crippen LogP contribution in [0.1, 0.15) is 24.0 Å². The number of hydrogen-bond donors (Lipinski definition) is 1. The quantitative estimate of drug-likeness (QED) is 0.853. The van der Waals surface area contributed by atoms with Crippen LogP contribution in [0.5, 0.6) is 0 Å². The van der Waals surface area contributed by atoms with Gasteiger partial charge in [0.05, 0.1) is 0 Å². The van der Waals surface area contributed by atoms with Gasteiger partial charge in [0.2, 0.25) is 5.91 Å². The molecule has 3 heteroatoms. The third kappa shape index (κ3) is 2.98. The van der Waals surface area contributed by atoms with Gasteiger partial charge in [-0.2, -0.15) is 11.8 Å². The average Bonchev–Trinajstić information content (AvgIpc) is 2.81. The first-order valence-electron chi connectivity index (χ1n) is 7.28. The molecule has 2 aromatic carbocycles. The SMILES string of the molecule is CC(=O)NCCSCC1c2ccccc2-c2ccccc21. The monoisotopic (exact) mass is 297 g/mol. The molecule has 0 fully saturated rings. The maximum atomic E-state index is 10.9. The lowest BCUT2D eigenvalue weighted by Gasteiger charge is -2.13. The minimum atomic E-state index is 0.0483. The normalized spacial score (nSPS) is 12.8. The Morgan fingerprint density at radius 1 is 1.05 bits per heavy atom. The van der Waals surface area contributed by atoms with E-state index in [0.717, 1.165) is 18.1 Å². The van der Waals surface area contributed by atoms with E-state index in [2.05, 4.69) is 53.8 Å². The van der Waals surface area contributed by atoms with Crippen molar-refractivity contribution in [2.24, 2.45) is 0 Å². The summed E-state index contributed by atoms with van der Waals surface area (Å²) < 4.78 is 0. The first kappa shape index (κ1) is 14.2. The molecule has 108 valence electrons. The maximum absolute atomic E-state index is 10.9. The van der Waals surface area contributed by atoms with E-state index in [1.54, 1.807) is 6.92 Å². The smallest absolute Gasteiger partial charge is 0.216 e. The Bertz CT molecular complexity index is 608. The zero-order chi connectivity index (χ0) is 14.7. The van der Waals surface area contributed by atoms with Gasteiger partial charge in [0.1, 0.15) is 0 Å². The van der Waals surface area contributed by atoms with Crippen molar-refractivity contribution in [1.29, 1.82) is 0 Å². The van der Waals surface area contributed by atoms with Crippen LogP contribution in [0.25, 0.3) is 11.1 Å². The highest BCUT2D eigenvalue weighted by Gasteiger charge is 2.27. The molecule has 0 saturated carbocycles. The van der Waals surface area contributed by atoms with Crippen molar-refractivity contribution in [3.05, 3.63) is 59.7 Å². The molecule has 0 spiro atoms. The third-order valence-corrected chi connectivity index (χ3v) is 4.93. The Balaban J connectivity index is 1.72. The largest absolute Gasteiger partial charge is 0.356 e. The first-order valence-corrected chi connectivity index (χ1v) is 8.43. The lowest BCUT2D eigenvalue weighted by molar-refractivity contribution is -0.118. The van der Waals surface area contributed by atoms with E-state index in [-0.39, 0.29) is 5.91 Å². The van der Waals surface area contributed by atoms with Crippen LogP contribution in [0.3, 0.4) is 0 Å². The standard InChI is InChI=1S/C18H19NOS/c1-13(20)19-10-11-21-12-18-16-8-4-2-6-14(16)15-7-3-5-9-17(15)18/h2-9,18H,10-12H2,1H3,(H,19,20). The molecule has 0 aromatic heterocycles. The summed E-state index contributed by atoms with van der Waals surface area (Å²) in [7, 11) is 0. The van der Waals surface area contributed by atoms with Gasteiger partial charge in [0.15, 0.2) is 0 Å². The zero-order valence-corrected chi connectivity index (χ0v) is 13.0. The number of hydrogen-bond acceptors (Lipinski definition) is 2.